The van der Waals surface area contributed by atoms with Crippen LogP contribution in [0, 0.1) is 0 Å². The van der Waals surface area contributed by atoms with Gasteiger partial charge in [0.15, 0.2) is 0 Å². The summed E-state index contributed by atoms with van der Waals surface area (Å²) in [7, 11) is 1.81. The molecule has 1 aromatic rings. The van der Waals surface area contributed by atoms with E-state index in [2.05, 4.69) is 16.0 Å². The Kier molecular flexibility index (Phi) is 9.37. The average molecular weight is 356 g/mol. The molecule has 3 N–H and O–H groups in total. The minimum Gasteiger partial charge on any atom is -0.376 e. The number of hydrogen-bond acceptors (Lipinski definition) is 4. The summed E-state index contributed by atoms with van der Waals surface area (Å²) in [6.45, 7) is 2.40. The number of benzene rings is 1. The van der Waals surface area contributed by atoms with E-state index in [1.807, 2.05) is 25.2 Å². The van der Waals surface area contributed by atoms with Gasteiger partial charge in [-0.05, 0) is 37.6 Å². The van der Waals surface area contributed by atoms with E-state index < -0.39 is 0 Å². The molecule has 1 unspecified atom stereocenters. The first kappa shape index (κ1) is 20.4. The van der Waals surface area contributed by atoms with Crippen LogP contribution < -0.4 is 16.0 Å². The van der Waals surface area contributed by atoms with Gasteiger partial charge in [-0.1, -0.05) is 12.1 Å². The highest BCUT2D eigenvalue weighted by Crippen LogP contribution is 2.11. The lowest BCUT2D eigenvalue weighted by molar-refractivity contribution is -0.121. The molecule has 1 heterocycles. The Labute approximate surface area is 149 Å². The second kappa shape index (κ2) is 11.0. The summed E-state index contributed by atoms with van der Waals surface area (Å²) in [5.74, 6) is -0.114. The molecule has 1 aliphatic rings. The topological polar surface area (TPSA) is 79.5 Å². The van der Waals surface area contributed by atoms with Crippen molar-refractivity contribution in [3.63, 3.8) is 0 Å². The third-order valence-corrected chi connectivity index (χ3v) is 3.80. The first-order chi connectivity index (χ1) is 11.2. The van der Waals surface area contributed by atoms with E-state index in [4.69, 9.17) is 4.74 Å². The van der Waals surface area contributed by atoms with E-state index in [1.54, 1.807) is 6.07 Å². The summed E-state index contributed by atoms with van der Waals surface area (Å²) >= 11 is 0. The molecule has 0 aliphatic carbocycles. The molecule has 2 rings (SSSR count). The number of nitrogens with one attached hydrogen (secondary N) is 3. The molecular weight excluding hydrogens is 330 g/mol. The third-order valence-electron chi connectivity index (χ3n) is 3.80. The number of halogens is 1. The molecule has 1 aliphatic heterocycles. The van der Waals surface area contributed by atoms with Gasteiger partial charge in [0.1, 0.15) is 0 Å². The number of amides is 2. The Balaban J connectivity index is 0.00000288. The summed E-state index contributed by atoms with van der Waals surface area (Å²) < 4.78 is 5.49. The third kappa shape index (κ3) is 6.86. The average Bonchev–Trinajstić information content (AvgIpc) is 3.09. The van der Waals surface area contributed by atoms with Crippen molar-refractivity contribution >= 4 is 24.2 Å². The van der Waals surface area contributed by atoms with Crippen LogP contribution in [0.15, 0.2) is 24.3 Å². The van der Waals surface area contributed by atoms with Gasteiger partial charge in [0.2, 0.25) is 5.91 Å². The second-order valence-electron chi connectivity index (χ2n) is 5.68. The summed E-state index contributed by atoms with van der Waals surface area (Å²) in [5, 5.41) is 8.68. The normalized spacial score (nSPS) is 16.3. The van der Waals surface area contributed by atoms with E-state index >= 15 is 0 Å². The van der Waals surface area contributed by atoms with Gasteiger partial charge in [-0.2, -0.15) is 0 Å². The molecule has 6 nitrogen and oxygen atoms in total. The van der Waals surface area contributed by atoms with Gasteiger partial charge < -0.3 is 20.7 Å². The maximum atomic E-state index is 12.2. The van der Waals surface area contributed by atoms with Crippen LogP contribution in [0.25, 0.3) is 0 Å². The van der Waals surface area contributed by atoms with Gasteiger partial charge >= 0.3 is 0 Å². The van der Waals surface area contributed by atoms with Crippen molar-refractivity contribution in [1.82, 2.24) is 16.0 Å². The van der Waals surface area contributed by atoms with E-state index in [9.17, 15) is 9.59 Å². The van der Waals surface area contributed by atoms with Crippen LogP contribution in [0.1, 0.15) is 35.2 Å². The molecule has 1 atom stereocenters. The zero-order chi connectivity index (χ0) is 16.5. The predicted molar refractivity (Wildman–Crippen MR) is 95.4 cm³/mol. The molecule has 0 radical (unpaired) electrons. The largest absolute Gasteiger partial charge is 0.376 e. The van der Waals surface area contributed by atoms with Crippen LogP contribution in [0.4, 0.5) is 0 Å². The summed E-state index contributed by atoms with van der Waals surface area (Å²) in [4.78, 5) is 23.8. The van der Waals surface area contributed by atoms with E-state index in [-0.39, 0.29) is 30.3 Å². The van der Waals surface area contributed by atoms with Crippen molar-refractivity contribution < 1.29 is 14.3 Å². The zero-order valence-electron chi connectivity index (χ0n) is 14.0. The van der Waals surface area contributed by atoms with Gasteiger partial charge in [0.25, 0.3) is 5.91 Å². The Morgan fingerprint density at radius 3 is 2.83 bits per heavy atom. The van der Waals surface area contributed by atoms with Gasteiger partial charge in [0, 0.05) is 38.2 Å². The Morgan fingerprint density at radius 2 is 2.12 bits per heavy atom. The lowest BCUT2D eigenvalue weighted by atomic mass is 10.1. The Morgan fingerprint density at radius 1 is 1.29 bits per heavy atom. The van der Waals surface area contributed by atoms with E-state index in [0.29, 0.717) is 31.6 Å². The van der Waals surface area contributed by atoms with Gasteiger partial charge in [-0.15, -0.1) is 12.4 Å². The van der Waals surface area contributed by atoms with E-state index in [0.717, 1.165) is 25.0 Å². The molecule has 7 heteroatoms. The van der Waals surface area contributed by atoms with Crippen LogP contribution in [0.2, 0.25) is 0 Å². The summed E-state index contributed by atoms with van der Waals surface area (Å²) in [5.41, 5.74) is 1.51. The van der Waals surface area contributed by atoms with Crippen molar-refractivity contribution in [1.29, 1.82) is 0 Å². The standard InChI is InChI=1S/C17H25N3O3.ClH/c1-18-8-7-16(21)19-11-13-4-2-5-14(10-13)17(22)20-12-15-6-3-9-23-15;/h2,4-5,10,15,18H,3,6-9,11-12H2,1H3,(H,19,21)(H,20,22);1H. The van der Waals surface area contributed by atoms with Crippen LogP contribution in [-0.2, 0) is 16.1 Å². The first-order valence-electron chi connectivity index (χ1n) is 8.09. The summed E-state index contributed by atoms with van der Waals surface area (Å²) in [6.07, 6.45) is 2.63. The predicted octanol–water partition coefficient (Wildman–Crippen LogP) is 1.24. The van der Waals surface area contributed by atoms with Crippen LogP contribution in [-0.4, -0.2) is 44.7 Å². The van der Waals surface area contributed by atoms with Crippen molar-refractivity contribution in [2.24, 2.45) is 0 Å². The van der Waals surface area contributed by atoms with Crippen molar-refractivity contribution in [2.45, 2.75) is 31.9 Å². The van der Waals surface area contributed by atoms with E-state index in [1.165, 1.54) is 0 Å². The molecule has 2 amide bonds. The van der Waals surface area contributed by atoms with Crippen molar-refractivity contribution in [3.8, 4) is 0 Å². The fraction of sp³-hybridized carbons (Fsp3) is 0.529. The number of hydrogen-bond donors (Lipinski definition) is 3. The molecule has 1 aromatic carbocycles. The highest BCUT2D eigenvalue weighted by Gasteiger charge is 2.16. The number of carbonyl (C=O) groups excluding carboxylic acids is 2. The van der Waals surface area contributed by atoms with Crippen LogP contribution in [0.3, 0.4) is 0 Å². The minimum absolute atomic E-state index is 0. The monoisotopic (exact) mass is 355 g/mol. The van der Waals surface area contributed by atoms with Gasteiger partial charge in [0.05, 0.1) is 6.10 Å². The highest BCUT2D eigenvalue weighted by molar-refractivity contribution is 5.94. The molecule has 0 bridgehead atoms. The van der Waals surface area contributed by atoms with Crippen molar-refractivity contribution in [2.75, 3.05) is 26.7 Å². The molecule has 0 spiro atoms. The smallest absolute Gasteiger partial charge is 0.251 e. The molecule has 0 aromatic heterocycles. The molecule has 24 heavy (non-hydrogen) atoms. The van der Waals surface area contributed by atoms with Crippen LogP contribution in [0.5, 0.6) is 0 Å². The minimum atomic E-state index is -0.108. The number of carbonyl (C=O) groups is 2. The molecule has 1 saturated heterocycles. The molecule has 134 valence electrons. The number of rotatable bonds is 8. The fourth-order valence-electron chi connectivity index (χ4n) is 2.46. The molecule has 0 saturated carbocycles. The molecule has 1 fully saturated rings. The Bertz CT molecular complexity index is 534. The fourth-order valence-corrected chi connectivity index (χ4v) is 2.46. The number of ether oxygens (including phenoxy) is 1. The maximum absolute atomic E-state index is 12.2. The lowest BCUT2D eigenvalue weighted by Gasteiger charge is -2.11. The quantitative estimate of drug-likeness (QED) is 0.655. The Hall–Kier alpha value is -1.63. The SMILES string of the molecule is CNCCC(=O)NCc1cccc(C(=O)NCC2CCCO2)c1.Cl. The van der Waals surface area contributed by atoms with Gasteiger partial charge in [-0.25, -0.2) is 0 Å². The highest BCUT2D eigenvalue weighted by atomic mass is 35.5. The second-order valence-corrected chi connectivity index (χ2v) is 5.68. The first-order valence-corrected chi connectivity index (χ1v) is 8.09. The zero-order valence-corrected chi connectivity index (χ0v) is 14.8. The maximum Gasteiger partial charge on any atom is 0.251 e. The summed E-state index contributed by atoms with van der Waals surface area (Å²) in [6, 6.07) is 7.31. The molecular formula is C17H26ClN3O3. The van der Waals surface area contributed by atoms with Crippen molar-refractivity contribution in [3.05, 3.63) is 35.4 Å². The lowest BCUT2D eigenvalue weighted by Crippen LogP contribution is -2.31. The van der Waals surface area contributed by atoms with Crippen LogP contribution >= 0.6 is 12.4 Å². The van der Waals surface area contributed by atoms with Gasteiger partial charge in [-0.3, -0.25) is 9.59 Å².